The molecule has 0 aliphatic heterocycles. The van der Waals surface area contributed by atoms with Crippen molar-refractivity contribution in [1.29, 1.82) is 0 Å². The van der Waals surface area contributed by atoms with E-state index in [0.717, 1.165) is 21.5 Å². The van der Waals surface area contributed by atoms with Gasteiger partial charge in [-0.1, -0.05) is 23.7 Å². The van der Waals surface area contributed by atoms with Gasteiger partial charge in [0.05, 0.1) is 12.3 Å². The minimum absolute atomic E-state index is 0.0247. The van der Waals surface area contributed by atoms with Gasteiger partial charge >= 0.3 is 0 Å². The van der Waals surface area contributed by atoms with Crippen molar-refractivity contribution in [2.24, 2.45) is 0 Å². The van der Waals surface area contributed by atoms with Crippen LogP contribution in [0.3, 0.4) is 0 Å². The molecule has 5 heteroatoms. The molecule has 0 aromatic heterocycles. The highest BCUT2D eigenvalue weighted by Crippen LogP contribution is 2.23. The predicted octanol–water partition coefficient (Wildman–Crippen LogP) is 5.21. The smallest absolute Gasteiger partial charge is 0.224 e. The molecule has 1 amide bonds. The Hall–Kier alpha value is -1.52. The molecule has 0 bridgehead atoms. The average Bonchev–Trinajstić information content (AvgIpc) is 2.48. The Bertz CT molecular complexity index is 661. The fraction of sp³-hybridized carbons (Fsp3) is 0.235. The van der Waals surface area contributed by atoms with Gasteiger partial charge in [0.2, 0.25) is 5.91 Å². The molecule has 0 atom stereocenters. The first-order chi connectivity index (χ1) is 10.6. The second-order valence-electron chi connectivity index (χ2n) is 4.89. The van der Waals surface area contributed by atoms with Gasteiger partial charge in [0, 0.05) is 15.9 Å². The van der Waals surface area contributed by atoms with Gasteiger partial charge in [-0.05, 0) is 65.2 Å². The van der Waals surface area contributed by atoms with E-state index in [1.54, 1.807) is 6.07 Å². The molecule has 0 heterocycles. The third-order valence-electron chi connectivity index (χ3n) is 3.09. The largest absolute Gasteiger partial charge is 0.493 e. The Morgan fingerprint density at radius 1 is 1.27 bits per heavy atom. The van der Waals surface area contributed by atoms with E-state index in [-0.39, 0.29) is 5.91 Å². The molecule has 22 heavy (non-hydrogen) atoms. The van der Waals surface area contributed by atoms with Crippen molar-refractivity contribution in [3.8, 4) is 5.75 Å². The first kappa shape index (κ1) is 16.8. The molecule has 0 spiro atoms. The highest BCUT2D eigenvalue weighted by atomic mass is 79.9. The van der Waals surface area contributed by atoms with E-state index < -0.39 is 0 Å². The molecule has 0 fully saturated rings. The summed E-state index contributed by atoms with van der Waals surface area (Å²) >= 11 is 9.30. The van der Waals surface area contributed by atoms with Gasteiger partial charge in [-0.3, -0.25) is 4.79 Å². The lowest BCUT2D eigenvalue weighted by Crippen LogP contribution is -2.13. The highest BCUT2D eigenvalue weighted by molar-refractivity contribution is 9.10. The minimum Gasteiger partial charge on any atom is -0.493 e. The molecular weight excluding hydrogens is 366 g/mol. The third-order valence-corrected chi connectivity index (χ3v) is 4.02. The van der Waals surface area contributed by atoms with Gasteiger partial charge in [-0.15, -0.1) is 0 Å². The maximum absolute atomic E-state index is 11.9. The summed E-state index contributed by atoms with van der Waals surface area (Å²) in [4.78, 5) is 11.9. The Kier molecular flexibility index (Phi) is 6.28. The lowest BCUT2D eigenvalue weighted by Gasteiger charge is -2.10. The van der Waals surface area contributed by atoms with Crippen LogP contribution in [-0.4, -0.2) is 12.5 Å². The molecule has 1 N–H and O–H groups in total. The van der Waals surface area contributed by atoms with Gasteiger partial charge in [0.1, 0.15) is 5.75 Å². The van der Waals surface area contributed by atoms with Crippen LogP contribution in [0.2, 0.25) is 5.02 Å². The van der Waals surface area contributed by atoms with Crippen LogP contribution in [0.4, 0.5) is 5.69 Å². The molecule has 2 aromatic rings. The van der Waals surface area contributed by atoms with Crippen molar-refractivity contribution >= 4 is 39.1 Å². The first-order valence-electron chi connectivity index (χ1n) is 6.99. The van der Waals surface area contributed by atoms with Crippen molar-refractivity contribution in [1.82, 2.24) is 0 Å². The number of nitrogens with one attached hydrogen (secondary N) is 1. The van der Waals surface area contributed by atoms with E-state index in [1.807, 2.05) is 43.3 Å². The Morgan fingerprint density at radius 2 is 2.05 bits per heavy atom. The third kappa shape index (κ3) is 5.04. The molecule has 0 saturated carbocycles. The molecule has 2 aromatic carbocycles. The van der Waals surface area contributed by atoms with Crippen LogP contribution in [0.25, 0.3) is 0 Å². The number of halogens is 2. The zero-order valence-corrected chi connectivity index (χ0v) is 14.6. The van der Waals surface area contributed by atoms with Crippen LogP contribution in [0.15, 0.2) is 46.9 Å². The summed E-state index contributed by atoms with van der Waals surface area (Å²) in [6.07, 6.45) is 1.06. The molecule has 2 rings (SSSR count). The zero-order valence-electron chi connectivity index (χ0n) is 12.2. The molecule has 0 saturated heterocycles. The van der Waals surface area contributed by atoms with E-state index in [1.165, 1.54) is 0 Å². The zero-order chi connectivity index (χ0) is 15.9. The van der Waals surface area contributed by atoms with Gasteiger partial charge in [0.15, 0.2) is 0 Å². The summed E-state index contributed by atoms with van der Waals surface area (Å²) in [7, 11) is 0. The number of hydrogen-bond acceptors (Lipinski definition) is 2. The number of aryl methyl sites for hydroxylation is 1. The number of carbonyl (C=O) groups excluding carboxylic acids is 1. The lowest BCUT2D eigenvalue weighted by atomic mass is 10.2. The van der Waals surface area contributed by atoms with E-state index in [2.05, 4.69) is 21.2 Å². The summed E-state index contributed by atoms with van der Waals surface area (Å²) < 4.78 is 6.54. The van der Waals surface area contributed by atoms with Gasteiger partial charge < -0.3 is 10.1 Å². The van der Waals surface area contributed by atoms with Gasteiger partial charge in [-0.25, -0.2) is 0 Å². The van der Waals surface area contributed by atoms with E-state index in [9.17, 15) is 4.79 Å². The van der Waals surface area contributed by atoms with Crippen LogP contribution in [0, 0.1) is 6.92 Å². The molecule has 0 unspecified atom stereocenters. The molecule has 0 aliphatic carbocycles. The Balaban J connectivity index is 1.74. The normalized spacial score (nSPS) is 10.3. The average molecular weight is 383 g/mol. The number of rotatable bonds is 6. The number of hydrogen-bond donors (Lipinski definition) is 1. The SMILES string of the molecule is Cc1cc(Cl)ccc1OCCCC(=O)Nc1ccccc1Br. The second-order valence-corrected chi connectivity index (χ2v) is 6.18. The Morgan fingerprint density at radius 3 is 2.77 bits per heavy atom. The van der Waals surface area contributed by atoms with Crippen LogP contribution in [0.5, 0.6) is 5.75 Å². The monoisotopic (exact) mass is 381 g/mol. The quantitative estimate of drug-likeness (QED) is 0.697. The van der Waals surface area contributed by atoms with E-state index >= 15 is 0 Å². The van der Waals surface area contributed by atoms with Crippen molar-refractivity contribution in [3.05, 3.63) is 57.5 Å². The molecular formula is C17H17BrClNO2. The number of ether oxygens (including phenoxy) is 1. The van der Waals surface area contributed by atoms with E-state index in [0.29, 0.717) is 24.5 Å². The lowest BCUT2D eigenvalue weighted by molar-refractivity contribution is -0.116. The number of carbonyl (C=O) groups is 1. The maximum Gasteiger partial charge on any atom is 0.224 e. The van der Waals surface area contributed by atoms with Crippen molar-refractivity contribution < 1.29 is 9.53 Å². The van der Waals surface area contributed by atoms with E-state index in [4.69, 9.17) is 16.3 Å². The molecule has 116 valence electrons. The summed E-state index contributed by atoms with van der Waals surface area (Å²) in [6, 6.07) is 13.0. The number of benzene rings is 2. The van der Waals surface area contributed by atoms with Gasteiger partial charge in [0.25, 0.3) is 0 Å². The molecule has 0 aliphatic rings. The predicted molar refractivity (Wildman–Crippen MR) is 93.7 cm³/mol. The van der Waals surface area contributed by atoms with Crippen LogP contribution < -0.4 is 10.1 Å². The summed E-state index contributed by atoms with van der Waals surface area (Å²) in [5.74, 6) is 0.777. The molecule has 3 nitrogen and oxygen atoms in total. The van der Waals surface area contributed by atoms with Gasteiger partial charge in [-0.2, -0.15) is 0 Å². The molecule has 0 radical (unpaired) electrons. The number of para-hydroxylation sites is 1. The van der Waals surface area contributed by atoms with Crippen LogP contribution in [0.1, 0.15) is 18.4 Å². The maximum atomic E-state index is 11.9. The van der Waals surface area contributed by atoms with Crippen molar-refractivity contribution in [2.75, 3.05) is 11.9 Å². The second kappa shape index (κ2) is 8.20. The van der Waals surface area contributed by atoms with Crippen LogP contribution >= 0.6 is 27.5 Å². The van der Waals surface area contributed by atoms with Crippen LogP contribution in [-0.2, 0) is 4.79 Å². The summed E-state index contributed by atoms with van der Waals surface area (Å²) in [5, 5.41) is 3.56. The minimum atomic E-state index is -0.0247. The summed E-state index contributed by atoms with van der Waals surface area (Å²) in [6.45, 7) is 2.44. The first-order valence-corrected chi connectivity index (χ1v) is 8.16. The number of anilines is 1. The topological polar surface area (TPSA) is 38.3 Å². The summed E-state index contributed by atoms with van der Waals surface area (Å²) in [5.41, 5.74) is 1.77. The fourth-order valence-corrected chi connectivity index (χ4v) is 2.58. The Labute approximate surface area is 143 Å². The highest BCUT2D eigenvalue weighted by Gasteiger charge is 2.06. The fourth-order valence-electron chi connectivity index (χ4n) is 1.96. The standard InChI is InChI=1S/C17H17BrClNO2/c1-12-11-13(19)8-9-16(12)22-10-4-7-17(21)20-15-6-3-2-5-14(15)18/h2-3,5-6,8-9,11H,4,7,10H2,1H3,(H,20,21). The number of amides is 1. The van der Waals surface area contributed by atoms with Crippen molar-refractivity contribution in [3.63, 3.8) is 0 Å². The van der Waals surface area contributed by atoms with Crippen molar-refractivity contribution in [2.45, 2.75) is 19.8 Å².